The molecule has 0 bridgehead atoms. The molecule has 1 aromatic rings. The van der Waals surface area contributed by atoms with Gasteiger partial charge in [0.2, 0.25) is 5.76 Å². The number of carbonyl (C=O) groups is 2. The van der Waals surface area contributed by atoms with E-state index in [4.69, 9.17) is 5.11 Å². The van der Waals surface area contributed by atoms with Gasteiger partial charge in [0, 0.05) is 12.6 Å². The van der Waals surface area contributed by atoms with Crippen LogP contribution in [0.15, 0.2) is 16.8 Å². The first kappa shape index (κ1) is 10.2. The molecule has 1 heterocycles. The fourth-order valence-electron chi connectivity index (χ4n) is 0.707. The van der Waals surface area contributed by atoms with Crippen molar-refractivity contribution in [3.05, 3.63) is 18.0 Å². The molecule has 1 aromatic heterocycles. The van der Waals surface area contributed by atoms with Gasteiger partial charge in [-0.2, -0.15) is 0 Å². The Kier molecular flexibility index (Phi) is 3.62. The number of nitrogens with zero attached hydrogens (tertiary/aromatic N) is 1. The van der Waals surface area contributed by atoms with E-state index in [1.807, 2.05) is 0 Å². The predicted octanol–water partition coefficient (Wildman–Crippen LogP) is -0.616. The number of rotatable bonds is 5. The molecule has 0 radical (unpaired) electrons. The summed E-state index contributed by atoms with van der Waals surface area (Å²) < 4.78 is 4.56. The zero-order chi connectivity index (χ0) is 10.4. The number of hydrazine groups is 1. The number of carbonyl (C=O) groups excluding carboxylic acids is 1. The van der Waals surface area contributed by atoms with E-state index < -0.39 is 11.9 Å². The SMILES string of the molecule is O=C(O)CCNNC(=O)c1ccno1. The zero-order valence-corrected chi connectivity index (χ0v) is 7.19. The number of aliphatic carboxylic acids is 1. The highest BCUT2D eigenvalue weighted by molar-refractivity contribution is 5.90. The number of hydrogen-bond donors (Lipinski definition) is 3. The summed E-state index contributed by atoms with van der Waals surface area (Å²) in [5.74, 6) is -1.37. The van der Waals surface area contributed by atoms with Crippen LogP contribution < -0.4 is 10.9 Å². The van der Waals surface area contributed by atoms with E-state index >= 15 is 0 Å². The zero-order valence-electron chi connectivity index (χ0n) is 7.19. The van der Waals surface area contributed by atoms with Crippen LogP contribution in [-0.4, -0.2) is 28.7 Å². The van der Waals surface area contributed by atoms with Crippen LogP contribution in [0.1, 0.15) is 17.0 Å². The highest BCUT2D eigenvalue weighted by Crippen LogP contribution is 1.94. The van der Waals surface area contributed by atoms with E-state index in [2.05, 4.69) is 20.5 Å². The third-order valence-corrected chi connectivity index (χ3v) is 1.33. The van der Waals surface area contributed by atoms with Crippen LogP contribution >= 0.6 is 0 Å². The molecular weight excluding hydrogens is 190 g/mol. The molecule has 0 fully saturated rings. The van der Waals surface area contributed by atoms with Crippen molar-refractivity contribution in [2.24, 2.45) is 0 Å². The molecule has 0 spiro atoms. The summed E-state index contributed by atoms with van der Waals surface area (Å²) in [6, 6.07) is 1.40. The third kappa shape index (κ3) is 3.23. The van der Waals surface area contributed by atoms with Gasteiger partial charge in [0.15, 0.2) is 0 Å². The Bertz CT molecular complexity index is 309. The molecule has 0 aliphatic heterocycles. The predicted molar refractivity (Wildman–Crippen MR) is 44.2 cm³/mol. The Hall–Kier alpha value is -1.89. The minimum absolute atomic E-state index is 0.0628. The Morgan fingerprint density at radius 2 is 2.36 bits per heavy atom. The second-order valence-corrected chi connectivity index (χ2v) is 2.40. The minimum atomic E-state index is -0.939. The second kappa shape index (κ2) is 4.97. The Morgan fingerprint density at radius 3 is 2.93 bits per heavy atom. The first-order valence-corrected chi connectivity index (χ1v) is 3.86. The average molecular weight is 199 g/mol. The fraction of sp³-hybridized carbons (Fsp3) is 0.286. The number of nitrogens with one attached hydrogen (secondary N) is 2. The molecule has 0 saturated heterocycles. The van der Waals surface area contributed by atoms with E-state index in [0.29, 0.717) is 0 Å². The summed E-state index contributed by atoms with van der Waals surface area (Å²) in [6.45, 7) is 0.148. The molecule has 0 aliphatic carbocycles. The largest absolute Gasteiger partial charge is 0.481 e. The van der Waals surface area contributed by atoms with E-state index in [0.717, 1.165) is 0 Å². The molecule has 1 amide bonds. The standard InChI is InChI=1S/C7H9N3O4/c11-6(12)2-3-8-10-7(13)5-1-4-9-14-5/h1,4,8H,2-3H2,(H,10,13)(H,11,12). The van der Waals surface area contributed by atoms with E-state index in [1.165, 1.54) is 12.3 Å². The summed E-state index contributed by atoms with van der Waals surface area (Å²) >= 11 is 0. The van der Waals surface area contributed by atoms with E-state index in [1.54, 1.807) is 0 Å². The molecule has 76 valence electrons. The van der Waals surface area contributed by atoms with Crippen molar-refractivity contribution >= 4 is 11.9 Å². The van der Waals surface area contributed by atoms with E-state index in [-0.39, 0.29) is 18.7 Å². The van der Waals surface area contributed by atoms with Gasteiger partial charge in [0.25, 0.3) is 0 Å². The molecule has 3 N–H and O–H groups in total. The first-order valence-electron chi connectivity index (χ1n) is 3.86. The molecule has 0 atom stereocenters. The summed E-state index contributed by atoms with van der Waals surface area (Å²) in [6.07, 6.45) is 1.27. The van der Waals surface area contributed by atoms with Gasteiger partial charge in [-0.25, -0.2) is 5.43 Å². The molecular formula is C7H9N3O4. The molecule has 0 aromatic carbocycles. The van der Waals surface area contributed by atoms with Gasteiger partial charge in [-0.1, -0.05) is 5.16 Å². The number of hydrogen-bond acceptors (Lipinski definition) is 5. The molecule has 14 heavy (non-hydrogen) atoms. The van der Waals surface area contributed by atoms with Gasteiger partial charge in [-0.05, 0) is 0 Å². The van der Waals surface area contributed by atoms with Gasteiger partial charge >= 0.3 is 11.9 Å². The number of carboxylic acid groups (broad SMARTS) is 1. The smallest absolute Gasteiger partial charge is 0.304 e. The molecule has 1 rings (SSSR count). The van der Waals surface area contributed by atoms with Crippen LogP contribution in [0.5, 0.6) is 0 Å². The molecule has 7 heteroatoms. The van der Waals surface area contributed by atoms with Gasteiger partial charge < -0.3 is 9.63 Å². The summed E-state index contributed by atoms with van der Waals surface area (Å²) in [5, 5.41) is 11.6. The summed E-state index contributed by atoms with van der Waals surface area (Å²) in [5.41, 5.74) is 4.69. The van der Waals surface area contributed by atoms with Crippen LogP contribution in [0.25, 0.3) is 0 Å². The van der Waals surface area contributed by atoms with E-state index in [9.17, 15) is 9.59 Å². The highest BCUT2D eigenvalue weighted by Gasteiger charge is 2.08. The lowest BCUT2D eigenvalue weighted by Gasteiger charge is -2.02. The maximum atomic E-state index is 11.1. The van der Waals surface area contributed by atoms with Crippen molar-refractivity contribution in [1.82, 2.24) is 16.0 Å². The lowest BCUT2D eigenvalue weighted by atomic mass is 10.4. The van der Waals surface area contributed by atoms with Crippen molar-refractivity contribution in [2.45, 2.75) is 6.42 Å². The van der Waals surface area contributed by atoms with Crippen molar-refractivity contribution < 1.29 is 19.2 Å². The lowest BCUT2D eigenvalue weighted by Crippen LogP contribution is -2.38. The first-order chi connectivity index (χ1) is 6.70. The van der Waals surface area contributed by atoms with Gasteiger partial charge in [0.05, 0.1) is 12.6 Å². The summed E-state index contributed by atoms with van der Waals surface area (Å²) in [7, 11) is 0. The fourth-order valence-corrected chi connectivity index (χ4v) is 0.707. The van der Waals surface area contributed by atoms with Crippen LogP contribution in [-0.2, 0) is 4.79 Å². The maximum absolute atomic E-state index is 11.1. The van der Waals surface area contributed by atoms with Crippen molar-refractivity contribution in [2.75, 3.05) is 6.54 Å². The number of carboxylic acids is 1. The third-order valence-electron chi connectivity index (χ3n) is 1.33. The lowest BCUT2D eigenvalue weighted by molar-refractivity contribution is -0.136. The highest BCUT2D eigenvalue weighted by atomic mass is 16.5. The Morgan fingerprint density at radius 1 is 1.57 bits per heavy atom. The van der Waals surface area contributed by atoms with Gasteiger partial charge in [-0.15, -0.1) is 0 Å². The van der Waals surface area contributed by atoms with Crippen LogP contribution in [0, 0.1) is 0 Å². The monoisotopic (exact) mass is 199 g/mol. The van der Waals surface area contributed by atoms with Crippen LogP contribution in [0.4, 0.5) is 0 Å². The van der Waals surface area contributed by atoms with Crippen molar-refractivity contribution in [3.63, 3.8) is 0 Å². The number of amides is 1. The normalized spacial score (nSPS) is 9.71. The molecule has 0 saturated carbocycles. The summed E-state index contributed by atoms with van der Waals surface area (Å²) in [4.78, 5) is 21.2. The average Bonchev–Trinajstić information content (AvgIpc) is 2.64. The Balaban J connectivity index is 2.19. The molecule has 7 nitrogen and oxygen atoms in total. The van der Waals surface area contributed by atoms with Crippen molar-refractivity contribution in [3.8, 4) is 0 Å². The molecule has 0 aliphatic rings. The number of aromatic nitrogens is 1. The second-order valence-electron chi connectivity index (χ2n) is 2.40. The minimum Gasteiger partial charge on any atom is -0.481 e. The quantitative estimate of drug-likeness (QED) is 0.431. The maximum Gasteiger partial charge on any atom is 0.304 e. The van der Waals surface area contributed by atoms with Crippen molar-refractivity contribution in [1.29, 1.82) is 0 Å². The topological polar surface area (TPSA) is 104 Å². The van der Waals surface area contributed by atoms with Crippen LogP contribution in [0.2, 0.25) is 0 Å². The van der Waals surface area contributed by atoms with Gasteiger partial charge in [-0.3, -0.25) is 15.0 Å². The van der Waals surface area contributed by atoms with Crippen LogP contribution in [0.3, 0.4) is 0 Å². The Labute approximate surface area is 79.0 Å². The molecule has 0 unspecified atom stereocenters. The van der Waals surface area contributed by atoms with Gasteiger partial charge in [0.1, 0.15) is 0 Å².